The number of carbonyl (C=O) groups is 1. The van der Waals surface area contributed by atoms with Crippen molar-refractivity contribution in [3.05, 3.63) is 35.4 Å². The number of aliphatic carboxylic acids is 1. The Morgan fingerprint density at radius 3 is 2.57 bits per heavy atom. The van der Waals surface area contributed by atoms with E-state index in [9.17, 15) is 23.8 Å². The van der Waals surface area contributed by atoms with Gasteiger partial charge >= 0.3 is 5.97 Å². The molecular weight excluding hydrogens is 304 g/mol. The Labute approximate surface area is 133 Å². The second-order valence-corrected chi connectivity index (χ2v) is 6.92. The van der Waals surface area contributed by atoms with E-state index >= 15 is 0 Å². The van der Waals surface area contributed by atoms with Crippen LogP contribution in [-0.2, 0) is 10.4 Å². The fraction of sp³-hybridized carbons (Fsp3) is 0.588. The van der Waals surface area contributed by atoms with E-state index in [0.29, 0.717) is 0 Å². The van der Waals surface area contributed by atoms with Crippen LogP contribution in [0.2, 0.25) is 0 Å². The zero-order valence-electron chi connectivity index (χ0n) is 12.7. The van der Waals surface area contributed by atoms with E-state index in [-0.39, 0.29) is 30.4 Å². The second kappa shape index (κ2) is 5.53. The monoisotopic (exact) mass is 325 g/mol. The Morgan fingerprint density at radius 2 is 2.04 bits per heavy atom. The van der Waals surface area contributed by atoms with E-state index in [0.717, 1.165) is 18.4 Å². The molecule has 2 saturated carbocycles. The van der Waals surface area contributed by atoms with Gasteiger partial charge in [0.25, 0.3) is 0 Å². The van der Waals surface area contributed by atoms with Crippen molar-refractivity contribution in [2.24, 2.45) is 11.7 Å². The molecule has 0 saturated heterocycles. The summed E-state index contributed by atoms with van der Waals surface area (Å²) < 4.78 is 27.0. The number of hydrogen-bond acceptors (Lipinski definition) is 3. The number of alkyl halides is 2. The minimum atomic E-state index is -2.91. The SMILES string of the molecule is NC1CC(c2cccc(C(O)(C(=O)O)[C@@H]3CCC(F)(F)C3)c2)C1. The molecule has 6 heteroatoms. The number of aliphatic hydroxyl groups is 1. The molecule has 4 N–H and O–H groups in total. The summed E-state index contributed by atoms with van der Waals surface area (Å²) in [5.41, 5.74) is 4.60. The highest BCUT2D eigenvalue weighted by Gasteiger charge is 2.53. The van der Waals surface area contributed by atoms with Gasteiger partial charge in [0, 0.05) is 24.8 Å². The van der Waals surface area contributed by atoms with Crippen molar-refractivity contribution in [3.63, 3.8) is 0 Å². The summed E-state index contributed by atoms with van der Waals surface area (Å²) in [4.78, 5) is 11.7. The molecule has 3 rings (SSSR count). The zero-order chi connectivity index (χ0) is 16.8. The second-order valence-electron chi connectivity index (χ2n) is 6.92. The molecule has 2 atom stereocenters. The van der Waals surface area contributed by atoms with Gasteiger partial charge in [0.05, 0.1) is 0 Å². The third-order valence-electron chi connectivity index (χ3n) is 5.29. The molecule has 23 heavy (non-hydrogen) atoms. The molecule has 0 radical (unpaired) electrons. The normalized spacial score (nSPS) is 32.1. The van der Waals surface area contributed by atoms with Crippen molar-refractivity contribution < 1.29 is 23.8 Å². The molecule has 2 aliphatic carbocycles. The Hall–Kier alpha value is -1.53. The first-order chi connectivity index (χ1) is 10.7. The minimum absolute atomic E-state index is 0.00562. The Balaban J connectivity index is 1.92. The maximum Gasteiger partial charge on any atom is 0.340 e. The van der Waals surface area contributed by atoms with E-state index in [1.165, 1.54) is 6.07 Å². The van der Waals surface area contributed by atoms with Crippen LogP contribution in [0.15, 0.2) is 24.3 Å². The summed E-state index contributed by atoms with van der Waals surface area (Å²) in [5, 5.41) is 20.3. The summed E-state index contributed by atoms with van der Waals surface area (Å²) in [5.74, 6) is -5.13. The summed E-state index contributed by atoms with van der Waals surface area (Å²) in [6.07, 6.45) is 0.639. The van der Waals surface area contributed by atoms with Crippen LogP contribution in [0.5, 0.6) is 0 Å². The number of rotatable bonds is 4. The predicted octanol–water partition coefficient (Wildman–Crippen LogP) is 2.60. The van der Waals surface area contributed by atoms with Crippen LogP contribution in [0.4, 0.5) is 8.78 Å². The quantitative estimate of drug-likeness (QED) is 0.794. The fourth-order valence-electron chi connectivity index (χ4n) is 3.80. The average molecular weight is 325 g/mol. The number of benzene rings is 1. The van der Waals surface area contributed by atoms with Crippen LogP contribution in [0.25, 0.3) is 0 Å². The topological polar surface area (TPSA) is 83.5 Å². The largest absolute Gasteiger partial charge is 0.479 e. The molecule has 1 unspecified atom stereocenters. The lowest BCUT2D eigenvalue weighted by molar-refractivity contribution is -0.167. The van der Waals surface area contributed by atoms with Crippen LogP contribution < -0.4 is 5.73 Å². The van der Waals surface area contributed by atoms with Crippen LogP contribution in [0, 0.1) is 5.92 Å². The first-order valence-corrected chi connectivity index (χ1v) is 7.92. The number of halogens is 2. The lowest BCUT2D eigenvalue weighted by Crippen LogP contribution is -2.43. The highest BCUT2D eigenvalue weighted by Crippen LogP contribution is 2.48. The number of carboxylic acid groups (broad SMARTS) is 1. The molecule has 2 fully saturated rings. The molecule has 0 spiro atoms. The standard InChI is InChI=1S/C17H21F2NO3/c18-16(19)5-4-13(9-16)17(23,15(21)22)12-3-1-2-10(6-12)11-7-14(20)8-11/h1-3,6,11,13-14,23H,4-5,7-9,20H2,(H,21,22)/t11?,13-,14?,17?/m1/s1. The zero-order valence-corrected chi connectivity index (χ0v) is 12.7. The van der Waals surface area contributed by atoms with Crippen molar-refractivity contribution in [1.82, 2.24) is 0 Å². The summed E-state index contributed by atoms with van der Waals surface area (Å²) in [6, 6.07) is 6.84. The van der Waals surface area contributed by atoms with Gasteiger partial charge in [-0.1, -0.05) is 24.3 Å². The summed E-state index contributed by atoms with van der Waals surface area (Å²) >= 11 is 0. The minimum Gasteiger partial charge on any atom is -0.479 e. The van der Waals surface area contributed by atoms with Crippen molar-refractivity contribution in [1.29, 1.82) is 0 Å². The molecule has 0 amide bonds. The molecule has 1 aromatic carbocycles. The molecule has 4 nitrogen and oxygen atoms in total. The van der Waals surface area contributed by atoms with E-state index < -0.39 is 29.8 Å². The molecule has 1 aromatic rings. The van der Waals surface area contributed by atoms with Crippen molar-refractivity contribution in [2.45, 2.75) is 55.6 Å². The number of nitrogens with two attached hydrogens (primary N) is 1. The van der Waals surface area contributed by atoms with Crippen LogP contribution in [0.1, 0.15) is 49.1 Å². The molecule has 0 aromatic heterocycles. The first kappa shape index (κ1) is 16.3. The maximum absolute atomic E-state index is 13.5. The van der Waals surface area contributed by atoms with E-state index in [1.807, 2.05) is 6.07 Å². The van der Waals surface area contributed by atoms with Gasteiger partial charge in [-0.05, 0) is 36.3 Å². The van der Waals surface area contributed by atoms with Crippen LogP contribution in [-0.4, -0.2) is 28.1 Å². The van der Waals surface area contributed by atoms with Gasteiger partial charge in [0.1, 0.15) is 0 Å². The van der Waals surface area contributed by atoms with Gasteiger partial charge in [0.15, 0.2) is 5.60 Å². The van der Waals surface area contributed by atoms with Crippen LogP contribution >= 0.6 is 0 Å². The third kappa shape index (κ3) is 2.85. The third-order valence-corrected chi connectivity index (χ3v) is 5.29. The molecule has 0 bridgehead atoms. The summed E-state index contributed by atoms with van der Waals surface area (Å²) in [7, 11) is 0. The smallest absolute Gasteiger partial charge is 0.340 e. The van der Waals surface area contributed by atoms with Gasteiger partial charge in [-0.2, -0.15) is 0 Å². The molecule has 0 aliphatic heterocycles. The molecule has 2 aliphatic rings. The van der Waals surface area contributed by atoms with E-state index in [1.54, 1.807) is 12.1 Å². The Morgan fingerprint density at radius 1 is 1.35 bits per heavy atom. The van der Waals surface area contributed by atoms with Gasteiger partial charge < -0.3 is 15.9 Å². The average Bonchev–Trinajstić information content (AvgIpc) is 2.83. The van der Waals surface area contributed by atoms with E-state index in [4.69, 9.17) is 5.73 Å². The Bertz CT molecular complexity index is 616. The van der Waals surface area contributed by atoms with Crippen molar-refractivity contribution >= 4 is 5.97 Å². The van der Waals surface area contributed by atoms with E-state index in [2.05, 4.69) is 0 Å². The van der Waals surface area contributed by atoms with Crippen molar-refractivity contribution in [2.75, 3.05) is 0 Å². The van der Waals surface area contributed by atoms with Gasteiger partial charge in [-0.15, -0.1) is 0 Å². The number of carboxylic acids is 1. The Kier molecular flexibility index (Phi) is 3.92. The highest BCUT2D eigenvalue weighted by molar-refractivity contribution is 5.79. The maximum atomic E-state index is 13.5. The summed E-state index contributed by atoms with van der Waals surface area (Å²) in [6.45, 7) is 0. The first-order valence-electron chi connectivity index (χ1n) is 7.92. The predicted molar refractivity (Wildman–Crippen MR) is 80.2 cm³/mol. The van der Waals surface area contributed by atoms with Crippen LogP contribution in [0.3, 0.4) is 0 Å². The fourth-order valence-corrected chi connectivity index (χ4v) is 3.80. The van der Waals surface area contributed by atoms with Gasteiger partial charge in [-0.25, -0.2) is 13.6 Å². The molecular formula is C17H21F2NO3. The van der Waals surface area contributed by atoms with Gasteiger partial charge in [0.2, 0.25) is 5.92 Å². The number of hydrogen-bond donors (Lipinski definition) is 3. The molecule has 126 valence electrons. The van der Waals surface area contributed by atoms with Gasteiger partial charge in [-0.3, -0.25) is 0 Å². The molecule has 0 heterocycles. The lowest BCUT2D eigenvalue weighted by atomic mass is 9.74. The lowest BCUT2D eigenvalue weighted by Gasteiger charge is -2.35. The van der Waals surface area contributed by atoms with Crippen molar-refractivity contribution in [3.8, 4) is 0 Å². The highest BCUT2D eigenvalue weighted by atomic mass is 19.3.